The van der Waals surface area contributed by atoms with Crippen LogP contribution in [-0.4, -0.2) is 18.0 Å². The first-order chi connectivity index (χ1) is 8.58. The van der Waals surface area contributed by atoms with Gasteiger partial charge in [0, 0.05) is 18.0 Å². The molecule has 0 aromatic heterocycles. The van der Waals surface area contributed by atoms with E-state index in [9.17, 15) is 4.79 Å². The van der Waals surface area contributed by atoms with Crippen molar-refractivity contribution < 1.29 is 4.79 Å². The number of carbonyl (C=O) groups is 1. The molecular weight excluding hydrogens is 224 g/mol. The highest BCUT2D eigenvalue weighted by Crippen LogP contribution is 2.30. The summed E-state index contributed by atoms with van der Waals surface area (Å²) in [6, 6.07) is 0.646. The first kappa shape index (κ1) is 13.9. The molecule has 2 rings (SSSR count). The van der Waals surface area contributed by atoms with Gasteiger partial charge in [0.05, 0.1) is 0 Å². The quantitative estimate of drug-likeness (QED) is 0.810. The molecular formula is C15H28N2O. The number of hydrogen-bond acceptors (Lipinski definition) is 2. The molecule has 0 aromatic carbocycles. The van der Waals surface area contributed by atoms with E-state index in [1.165, 1.54) is 25.7 Å². The van der Waals surface area contributed by atoms with Crippen molar-refractivity contribution in [1.82, 2.24) is 5.32 Å². The molecule has 3 nitrogen and oxygen atoms in total. The van der Waals surface area contributed by atoms with Crippen molar-refractivity contribution in [2.45, 2.75) is 70.9 Å². The van der Waals surface area contributed by atoms with Crippen molar-refractivity contribution in [1.29, 1.82) is 0 Å². The predicted octanol–water partition coefficient (Wildman–Crippen LogP) is 2.44. The maximum absolute atomic E-state index is 12.3. The Morgan fingerprint density at radius 1 is 1.22 bits per heavy atom. The number of carbonyl (C=O) groups excluding carboxylic acids is 1. The summed E-state index contributed by atoms with van der Waals surface area (Å²) in [5.41, 5.74) is 6.01. The minimum atomic E-state index is 0.198. The van der Waals surface area contributed by atoms with Crippen LogP contribution in [0.4, 0.5) is 0 Å². The standard InChI is InChI=1S/C15H28N2O/c1-10-9-13(7-8-14(10)16)15(18)17-11(2)12-5-3-4-6-12/h10-14H,3-9,16H2,1-2H3,(H,17,18). The first-order valence-electron chi connectivity index (χ1n) is 7.64. The molecule has 18 heavy (non-hydrogen) atoms. The molecule has 0 radical (unpaired) electrons. The van der Waals surface area contributed by atoms with E-state index in [-0.39, 0.29) is 11.8 Å². The molecule has 3 N–H and O–H groups in total. The average molecular weight is 252 g/mol. The van der Waals surface area contributed by atoms with Crippen molar-refractivity contribution in [3.63, 3.8) is 0 Å². The minimum absolute atomic E-state index is 0.198. The van der Waals surface area contributed by atoms with E-state index in [1.807, 2.05) is 0 Å². The van der Waals surface area contributed by atoms with Gasteiger partial charge in [0.25, 0.3) is 0 Å². The van der Waals surface area contributed by atoms with E-state index in [2.05, 4.69) is 19.2 Å². The van der Waals surface area contributed by atoms with Gasteiger partial charge in [-0.3, -0.25) is 4.79 Å². The Labute approximate surface area is 111 Å². The van der Waals surface area contributed by atoms with Gasteiger partial charge in [-0.25, -0.2) is 0 Å². The molecule has 3 heteroatoms. The van der Waals surface area contributed by atoms with E-state index in [4.69, 9.17) is 5.73 Å². The molecule has 104 valence electrons. The zero-order valence-electron chi connectivity index (χ0n) is 11.8. The molecule has 2 aliphatic carbocycles. The first-order valence-corrected chi connectivity index (χ1v) is 7.64. The summed E-state index contributed by atoms with van der Waals surface area (Å²) in [5.74, 6) is 1.66. The molecule has 2 saturated carbocycles. The second-order valence-electron chi connectivity index (χ2n) is 6.49. The van der Waals surface area contributed by atoms with Crippen LogP contribution in [0.15, 0.2) is 0 Å². The highest BCUT2D eigenvalue weighted by molar-refractivity contribution is 5.79. The van der Waals surface area contributed by atoms with Crippen LogP contribution < -0.4 is 11.1 Å². The molecule has 2 fully saturated rings. The third-order valence-corrected chi connectivity index (χ3v) is 5.08. The maximum atomic E-state index is 12.3. The lowest BCUT2D eigenvalue weighted by molar-refractivity contribution is -0.127. The summed E-state index contributed by atoms with van der Waals surface area (Å²) >= 11 is 0. The Kier molecular flexibility index (Phi) is 4.66. The van der Waals surface area contributed by atoms with E-state index >= 15 is 0 Å². The zero-order valence-corrected chi connectivity index (χ0v) is 11.8. The minimum Gasteiger partial charge on any atom is -0.353 e. The van der Waals surface area contributed by atoms with Gasteiger partial charge < -0.3 is 11.1 Å². The summed E-state index contributed by atoms with van der Waals surface area (Å²) in [7, 11) is 0. The molecule has 0 heterocycles. The maximum Gasteiger partial charge on any atom is 0.223 e. The second-order valence-corrected chi connectivity index (χ2v) is 6.49. The van der Waals surface area contributed by atoms with E-state index in [0.29, 0.717) is 23.9 Å². The molecule has 0 saturated heterocycles. The van der Waals surface area contributed by atoms with Crippen molar-refractivity contribution in [2.75, 3.05) is 0 Å². The summed E-state index contributed by atoms with van der Waals surface area (Å²) in [6.07, 6.45) is 8.16. The van der Waals surface area contributed by atoms with Crippen molar-refractivity contribution >= 4 is 5.91 Å². The van der Waals surface area contributed by atoms with Crippen LogP contribution in [0, 0.1) is 17.8 Å². The topological polar surface area (TPSA) is 55.1 Å². The van der Waals surface area contributed by atoms with E-state index in [1.54, 1.807) is 0 Å². The normalized spacial score (nSPS) is 35.4. The molecule has 4 unspecified atom stereocenters. The van der Waals surface area contributed by atoms with Gasteiger partial charge in [0.15, 0.2) is 0 Å². The lowest BCUT2D eigenvalue weighted by Crippen LogP contribution is -2.44. The fourth-order valence-electron chi connectivity index (χ4n) is 3.58. The number of rotatable bonds is 3. The molecule has 0 spiro atoms. The Balaban J connectivity index is 1.80. The van der Waals surface area contributed by atoms with Crippen LogP contribution >= 0.6 is 0 Å². The summed E-state index contributed by atoms with van der Waals surface area (Å²) in [6.45, 7) is 4.34. The Morgan fingerprint density at radius 3 is 2.50 bits per heavy atom. The summed E-state index contributed by atoms with van der Waals surface area (Å²) < 4.78 is 0. The van der Waals surface area contributed by atoms with Gasteiger partial charge in [-0.2, -0.15) is 0 Å². The largest absolute Gasteiger partial charge is 0.353 e. The van der Waals surface area contributed by atoms with Crippen LogP contribution in [0.1, 0.15) is 58.8 Å². The lowest BCUT2D eigenvalue weighted by atomic mass is 9.79. The van der Waals surface area contributed by atoms with E-state index < -0.39 is 0 Å². The van der Waals surface area contributed by atoms with Crippen molar-refractivity contribution in [2.24, 2.45) is 23.5 Å². The van der Waals surface area contributed by atoms with Crippen LogP contribution in [0.25, 0.3) is 0 Å². The van der Waals surface area contributed by atoms with Gasteiger partial charge in [-0.15, -0.1) is 0 Å². The molecule has 0 aliphatic heterocycles. The van der Waals surface area contributed by atoms with Crippen LogP contribution in [0.2, 0.25) is 0 Å². The monoisotopic (exact) mass is 252 g/mol. The van der Waals surface area contributed by atoms with Gasteiger partial charge >= 0.3 is 0 Å². The number of hydrogen-bond donors (Lipinski definition) is 2. The van der Waals surface area contributed by atoms with Crippen molar-refractivity contribution in [3.8, 4) is 0 Å². The fourth-order valence-corrected chi connectivity index (χ4v) is 3.58. The average Bonchev–Trinajstić information content (AvgIpc) is 2.86. The molecule has 4 atom stereocenters. The highest BCUT2D eigenvalue weighted by Gasteiger charge is 2.31. The smallest absolute Gasteiger partial charge is 0.223 e. The summed E-state index contributed by atoms with van der Waals surface area (Å²) in [5, 5.41) is 3.25. The van der Waals surface area contributed by atoms with Crippen LogP contribution in [-0.2, 0) is 4.79 Å². The van der Waals surface area contributed by atoms with Crippen LogP contribution in [0.3, 0.4) is 0 Å². The van der Waals surface area contributed by atoms with Crippen LogP contribution in [0.5, 0.6) is 0 Å². The second kappa shape index (κ2) is 6.05. The van der Waals surface area contributed by atoms with E-state index in [0.717, 1.165) is 19.3 Å². The SMILES string of the molecule is CC1CC(C(=O)NC(C)C2CCCC2)CCC1N. The summed E-state index contributed by atoms with van der Waals surface area (Å²) in [4.78, 5) is 12.3. The van der Waals surface area contributed by atoms with Crippen molar-refractivity contribution in [3.05, 3.63) is 0 Å². The molecule has 0 bridgehead atoms. The Hall–Kier alpha value is -0.570. The fraction of sp³-hybridized carbons (Fsp3) is 0.933. The van der Waals surface area contributed by atoms with Gasteiger partial charge in [0.2, 0.25) is 5.91 Å². The predicted molar refractivity (Wildman–Crippen MR) is 74.0 cm³/mol. The lowest BCUT2D eigenvalue weighted by Gasteiger charge is -2.32. The number of nitrogens with two attached hydrogens (primary N) is 1. The zero-order chi connectivity index (χ0) is 13.1. The molecule has 2 aliphatic rings. The number of amides is 1. The highest BCUT2D eigenvalue weighted by atomic mass is 16.1. The number of nitrogens with one attached hydrogen (secondary N) is 1. The van der Waals surface area contributed by atoms with Gasteiger partial charge in [0.1, 0.15) is 0 Å². The third kappa shape index (κ3) is 3.25. The Morgan fingerprint density at radius 2 is 1.89 bits per heavy atom. The third-order valence-electron chi connectivity index (χ3n) is 5.08. The van der Waals surface area contributed by atoms with Gasteiger partial charge in [-0.05, 0) is 50.9 Å². The molecule has 1 amide bonds. The molecule has 0 aromatic rings. The van der Waals surface area contributed by atoms with Gasteiger partial charge in [-0.1, -0.05) is 19.8 Å². The Bertz CT molecular complexity index is 286.